The molecule has 1 fully saturated rings. The van der Waals surface area contributed by atoms with Crippen molar-refractivity contribution in [2.45, 2.75) is 37.8 Å². The molecule has 0 saturated heterocycles. The van der Waals surface area contributed by atoms with Gasteiger partial charge in [0.15, 0.2) is 11.5 Å². The number of amides is 1. The maximum Gasteiger partial charge on any atom is 0.255 e. The average Bonchev–Trinajstić information content (AvgIpc) is 3.30. The quantitative estimate of drug-likeness (QED) is 0.572. The van der Waals surface area contributed by atoms with E-state index in [1.54, 1.807) is 26.4 Å². The number of H-pyrrole nitrogens is 1. The van der Waals surface area contributed by atoms with Crippen molar-refractivity contribution < 1.29 is 23.4 Å². The molecule has 1 heterocycles. The molecule has 3 aromatic rings. The standard InChI is InChI=1S/C24H26FN3O4/c1-30-20-7-4-8-21(23(20)31-2)32-18-11-9-17(10-12-18)27-24(29)19-14-26-28-22(19)15-5-3-6-16(25)13-15/h3-8,13-14,17-18H,9-12H2,1-2H3,(H,26,28)(H,27,29). The number of para-hydroxylation sites is 1. The first kappa shape index (κ1) is 21.7. The number of rotatable bonds is 7. The summed E-state index contributed by atoms with van der Waals surface area (Å²) >= 11 is 0. The second-order valence-corrected chi connectivity index (χ2v) is 7.73. The van der Waals surface area contributed by atoms with E-state index in [0.717, 1.165) is 25.7 Å². The van der Waals surface area contributed by atoms with Gasteiger partial charge in [-0.05, 0) is 49.9 Å². The lowest BCUT2D eigenvalue weighted by Crippen LogP contribution is -2.39. The molecule has 1 aliphatic rings. The Morgan fingerprint density at radius 2 is 1.81 bits per heavy atom. The van der Waals surface area contributed by atoms with Crippen LogP contribution in [0.5, 0.6) is 17.2 Å². The fraction of sp³-hybridized carbons (Fsp3) is 0.333. The topological polar surface area (TPSA) is 85.5 Å². The molecular weight excluding hydrogens is 413 g/mol. The van der Waals surface area contributed by atoms with Crippen LogP contribution >= 0.6 is 0 Å². The Morgan fingerprint density at radius 1 is 1.06 bits per heavy atom. The molecule has 1 aromatic heterocycles. The lowest BCUT2D eigenvalue weighted by Gasteiger charge is -2.30. The predicted molar refractivity (Wildman–Crippen MR) is 118 cm³/mol. The molecule has 1 aliphatic carbocycles. The van der Waals surface area contributed by atoms with Gasteiger partial charge in [-0.1, -0.05) is 18.2 Å². The van der Waals surface area contributed by atoms with E-state index in [1.807, 2.05) is 18.2 Å². The van der Waals surface area contributed by atoms with Crippen molar-refractivity contribution in [2.24, 2.45) is 0 Å². The van der Waals surface area contributed by atoms with E-state index >= 15 is 0 Å². The number of ether oxygens (including phenoxy) is 3. The molecule has 0 radical (unpaired) electrons. The van der Waals surface area contributed by atoms with Gasteiger partial charge in [0, 0.05) is 11.6 Å². The van der Waals surface area contributed by atoms with Crippen molar-refractivity contribution in [3.63, 3.8) is 0 Å². The second kappa shape index (κ2) is 9.72. The van der Waals surface area contributed by atoms with Crippen LogP contribution in [0.25, 0.3) is 11.3 Å². The van der Waals surface area contributed by atoms with Gasteiger partial charge in [-0.15, -0.1) is 0 Å². The van der Waals surface area contributed by atoms with Crippen LogP contribution in [-0.2, 0) is 0 Å². The van der Waals surface area contributed by atoms with Gasteiger partial charge < -0.3 is 19.5 Å². The Kier molecular flexibility index (Phi) is 6.58. The van der Waals surface area contributed by atoms with Crippen LogP contribution in [0.3, 0.4) is 0 Å². The number of nitrogens with one attached hydrogen (secondary N) is 2. The highest BCUT2D eigenvalue weighted by molar-refractivity contribution is 5.99. The van der Waals surface area contributed by atoms with Crippen LogP contribution in [-0.4, -0.2) is 42.5 Å². The second-order valence-electron chi connectivity index (χ2n) is 7.73. The van der Waals surface area contributed by atoms with Gasteiger partial charge in [0.25, 0.3) is 5.91 Å². The monoisotopic (exact) mass is 439 g/mol. The summed E-state index contributed by atoms with van der Waals surface area (Å²) in [6, 6.07) is 11.7. The van der Waals surface area contributed by atoms with Crippen LogP contribution in [0.15, 0.2) is 48.7 Å². The zero-order chi connectivity index (χ0) is 22.5. The Bertz CT molecular complexity index is 1080. The van der Waals surface area contributed by atoms with E-state index in [1.165, 1.54) is 18.3 Å². The van der Waals surface area contributed by atoms with Gasteiger partial charge in [0.05, 0.1) is 37.8 Å². The molecule has 0 unspecified atom stereocenters. The highest BCUT2D eigenvalue weighted by Crippen LogP contribution is 2.38. The molecule has 7 nitrogen and oxygen atoms in total. The Morgan fingerprint density at radius 3 is 2.53 bits per heavy atom. The van der Waals surface area contributed by atoms with E-state index in [4.69, 9.17) is 14.2 Å². The number of benzene rings is 2. The van der Waals surface area contributed by atoms with E-state index in [2.05, 4.69) is 15.5 Å². The van der Waals surface area contributed by atoms with E-state index in [-0.39, 0.29) is 23.9 Å². The summed E-state index contributed by atoms with van der Waals surface area (Å²) < 4.78 is 30.5. The summed E-state index contributed by atoms with van der Waals surface area (Å²) in [7, 11) is 3.18. The first-order valence-electron chi connectivity index (χ1n) is 10.6. The van der Waals surface area contributed by atoms with Gasteiger partial charge in [-0.2, -0.15) is 5.10 Å². The van der Waals surface area contributed by atoms with Gasteiger partial charge in [-0.25, -0.2) is 4.39 Å². The van der Waals surface area contributed by atoms with Crippen molar-refractivity contribution in [1.29, 1.82) is 0 Å². The summed E-state index contributed by atoms with van der Waals surface area (Å²) in [6.07, 6.45) is 4.67. The van der Waals surface area contributed by atoms with Crippen LogP contribution in [0, 0.1) is 5.82 Å². The number of methoxy groups -OCH3 is 2. The van der Waals surface area contributed by atoms with Gasteiger partial charge in [-0.3, -0.25) is 9.89 Å². The number of carbonyl (C=O) groups excluding carboxylic acids is 1. The summed E-state index contributed by atoms with van der Waals surface area (Å²) in [6.45, 7) is 0. The Hall–Kier alpha value is -3.55. The zero-order valence-corrected chi connectivity index (χ0v) is 18.1. The molecule has 0 aliphatic heterocycles. The predicted octanol–water partition coefficient (Wildman–Crippen LogP) is 4.35. The molecule has 0 bridgehead atoms. The van der Waals surface area contributed by atoms with Crippen molar-refractivity contribution in [3.8, 4) is 28.5 Å². The maximum atomic E-state index is 13.6. The third-order valence-electron chi connectivity index (χ3n) is 5.67. The molecule has 32 heavy (non-hydrogen) atoms. The molecule has 2 aromatic carbocycles. The van der Waals surface area contributed by atoms with E-state index in [0.29, 0.717) is 34.1 Å². The normalized spacial score (nSPS) is 18.1. The summed E-state index contributed by atoms with van der Waals surface area (Å²) in [4.78, 5) is 12.9. The third-order valence-corrected chi connectivity index (χ3v) is 5.67. The molecule has 0 spiro atoms. The summed E-state index contributed by atoms with van der Waals surface area (Å²) in [5.41, 5.74) is 1.48. The van der Waals surface area contributed by atoms with Gasteiger partial charge in [0.2, 0.25) is 5.75 Å². The first-order valence-corrected chi connectivity index (χ1v) is 10.6. The van der Waals surface area contributed by atoms with Gasteiger partial charge in [0.1, 0.15) is 5.82 Å². The Labute approximate surface area is 185 Å². The molecule has 0 atom stereocenters. The molecule has 1 amide bonds. The van der Waals surface area contributed by atoms with Crippen LogP contribution < -0.4 is 19.5 Å². The molecule has 168 valence electrons. The molecule has 8 heteroatoms. The maximum absolute atomic E-state index is 13.6. The number of aromatic nitrogens is 2. The largest absolute Gasteiger partial charge is 0.493 e. The van der Waals surface area contributed by atoms with Crippen molar-refractivity contribution in [3.05, 3.63) is 60.0 Å². The lowest BCUT2D eigenvalue weighted by molar-refractivity contribution is 0.0892. The number of aromatic amines is 1. The molecule has 2 N–H and O–H groups in total. The van der Waals surface area contributed by atoms with Crippen molar-refractivity contribution in [1.82, 2.24) is 15.5 Å². The number of nitrogens with zero attached hydrogens (tertiary/aromatic N) is 1. The fourth-order valence-electron chi connectivity index (χ4n) is 4.04. The van der Waals surface area contributed by atoms with Crippen LogP contribution in [0.1, 0.15) is 36.0 Å². The minimum absolute atomic E-state index is 0.0286. The molecule has 1 saturated carbocycles. The number of hydrogen-bond donors (Lipinski definition) is 2. The van der Waals surface area contributed by atoms with Crippen molar-refractivity contribution in [2.75, 3.05) is 14.2 Å². The number of halogens is 1. The van der Waals surface area contributed by atoms with E-state index in [9.17, 15) is 9.18 Å². The smallest absolute Gasteiger partial charge is 0.255 e. The highest BCUT2D eigenvalue weighted by Gasteiger charge is 2.26. The number of hydrogen-bond acceptors (Lipinski definition) is 5. The van der Waals surface area contributed by atoms with Crippen LogP contribution in [0.4, 0.5) is 4.39 Å². The van der Waals surface area contributed by atoms with E-state index < -0.39 is 0 Å². The number of carbonyl (C=O) groups is 1. The average molecular weight is 439 g/mol. The van der Waals surface area contributed by atoms with Gasteiger partial charge >= 0.3 is 0 Å². The molecular formula is C24H26FN3O4. The third kappa shape index (κ3) is 4.69. The lowest BCUT2D eigenvalue weighted by atomic mass is 9.92. The first-order chi connectivity index (χ1) is 15.6. The SMILES string of the molecule is COc1cccc(OC2CCC(NC(=O)c3cn[nH]c3-c3cccc(F)c3)CC2)c1OC. The fourth-order valence-corrected chi connectivity index (χ4v) is 4.04. The minimum Gasteiger partial charge on any atom is -0.493 e. The van der Waals surface area contributed by atoms with Crippen LogP contribution in [0.2, 0.25) is 0 Å². The summed E-state index contributed by atoms with van der Waals surface area (Å²) in [5.74, 6) is 1.26. The summed E-state index contributed by atoms with van der Waals surface area (Å²) in [5, 5.41) is 9.86. The van der Waals surface area contributed by atoms with Crippen molar-refractivity contribution >= 4 is 5.91 Å². The molecule has 4 rings (SSSR count). The highest BCUT2D eigenvalue weighted by atomic mass is 19.1. The zero-order valence-electron chi connectivity index (χ0n) is 18.1. The minimum atomic E-state index is -0.366. The Balaban J connectivity index is 1.35.